The molecule has 3 rings (SSSR count). The number of hydrogen-bond acceptors (Lipinski definition) is 6. The van der Waals surface area contributed by atoms with Crippen molar-refractivity contribution in [2.45, 2.75) is 11.4 Å². The predicted octanol–water partition coefficient (Wildman–Crippen LogP) is 1.65. The van der Waals surface area contributed by atoms with E-state index < -0.39 is 0 Å². The number of pyridine rings is 1. The molecule has 8 heteroatoms. The number of nitrogens with zero attached hydrogens (tertiary/aromatic N) is 4. The fourth-order valence-electron chi connectivity index (χ4n) is 2.00. The van der Waals surface area contributed by atoms with Gasteiger partial charge in [-0.2, -0.15) is 10.1 Å². The summed E-state index contributed by atoms with van der Waals surface area (Å²) in [6.07, 6.45) is 4.25. The Bertz CT molecular complexity index is 813. The first-order chi connectivity index (χ1) is 10.7. The van der Waals surface area contributed by atoms with Crippen molar-refractivity contribution in [1.29, 1.82) is 0 Å². The number of aromatic amines is 1. The van der Waals surface area contributed by atoms with E-state index in [1.54, 1.807) is 29.7 Å². The summed E-state index contributed by atoms with van der Waals surface area (Å²) in [6, 6.07) is 5.88. The van der Waals surface area contributed by atoms with Crippen LogP contribution in [0.4, 0.5) is 5.95 Å². The SMILES string of the molecule is Cn1ncc2c(=O)[nH]c(NCCCSc3ccccn3)nc21. The number of hydrogen-bond donors (Lipinski definition) is 2. The summed E-state index contributed by atoms with van der Waals surface area (Å²) < 4.78 is 1.59. The molecule has 114 valence electrons. The minimum Gasteiger partial charge on any atom is -0.356 e. The highest BCUT2D eigenvalue weighted by atomic mass is 32.2. The number of nitrogens with one attached hydrogen (secondary N) is 2. The van der Waals surface area contributed by atoms with E-state index >= 15 is 0 Å². The highest BCUT2D eigenvalue weighted by molar-refractivity contribution is 7.99. The van der Waals surface area contributed by atoms with Crippen LogP contribution in [0.2, 0.25) is 0 Å². The zero-order valence-corrected chi connectivity index (χ0v) is 12.9. The second-order valence-electron chi connectivity index (χ2n) is 4.72. The lowest BCUT2D eigenvalue weighted by atomic mass is 10.4. The van der Waals surface area contributed by atoms with E-state index in [2.05, 4.69) is 25.4 Å². The number of fused-ring (bicyclic) bond motifs is 1. The highest BCUT2D eigenvalue weighted by Gasteiger charge is 2.07. The van der Waals surface area contributed by atoms with Gasteiger partial charge in [0.05, 0.1) is 11.2 Å². The van der Waals surface area contributed by atoms with Gasteiger partial charge in [0.25, 0.3) is 5.56 Å². The lowest BCUT2D eigenvalue weighted by Crippen LogP contribution is -2.14. The summed E-state index contributed by atoms with van der Waals surface area (Å²) >= 11 is 1.71. The molecule has 2 N–H and O–H groups in total. The summed E-state index contributed by atoms with van der Waals surface area (Å²) in [6.45, 7) is 0.728. The zero-order valence-electron chi connectivity index (χ0n) is 12.1. The first-order valence-corrected chi connectivity index (χ1v) is 7.92. The van der Waals surface area contributed by atoms with E-state index in [1.807, 2.05) is 18.2 Å². The van der Waals surface area contributed by atoms with Gasteiger partial charge >= 0.3 is 0 Å². The van der Waals surface area contributed by atoms with Crippen LogP contribution in [0.5, 0.6) is 0 Å². The quantitative estimate of drug-likeness (QED) is 0.531. The lowest BCUT2D eigenvalue weighted by molar-refractivity contribution is 0.785. The minimum absolute atomic E-state index is 0.177. The molecule has 0 unspecified atom stereocenters. The molecule has 0 saturated carbocycles. The zero-order chi connectivity index (χ0) is 15.4. The Morgan fingerprint density at radius 2 is 2.32 bits per heavy atom. The standard InChI is InChI=1S/C14H16N6OS/c1-20-12-10(9-17-20)13(21)19-14(18-12)16-7-4-8-22-11-5-2-3-6-15-11/h2-3,5-6,9H,4,7-8H2,1H3,(H2,16,18,19,21). The Morgan fingerprint density at radius 3 is 3.14 bits per heavy atom. The third-order valence-electron chi connectivity index (χ3n) is 3.10. The van der Waals surface area contributed by atoms with Crippen molar-refractivity contribution in [3.8, 4) is 0 Å². The third kappa shape index (κ3) is 3.28. The largest absolute Gasteiger partial charge is 0.356 e. The molecule has 7 nitrogen and oxygen atoms in total. The molecule has 0 atom stereocenters. The summed E-state index contributed by atoms with van der Waals surface area (Å²) in [5.41, 5.74) is 0.401. The van der Waals surface area contributed by atoms with Crippen molar-refractivity contribution >= 4 is 28.7 Å². The number of anilines is 1. The molecule has 0 saturated heterocycles. The lowest BCUT2D eigenvalue weighted by Gasteiger charge is -2.05. The van der Waals surface area contributed by atoms with Crippen LogP contribution in [0.25, 0.3) is 11.0 Å². The molecule has 3 aromatic rings. The van der Waals surface area contributed by atoms with Gasteiger partial charge in [-0.05, 0) is 18.6 Å². The predicted molar refractivity (Wildman–Crippen MR) is 87.2 cm³/mol. The van der Waals surface area contributed by atoms with E-state index in [1.165, 1.54) is 6.20 Å². The molecule has 3 heterocycles. The van der Waals surface area contributed by atoms with Gasteiger partial charge in [0.2, 0.25) is 5.95 Å². The van der Waals surface area contributed by atoms with Crippen LogP contribution in [0.1, 0.15) is 6.42 Å². The molecule has 0 aliphatic rings. The van der Waals surface area contributed by atoms with Gasteiger partial charge in [0.15, 0.2) is 5.65 Å². The van der Waals surface area contributed by atoms with E-state index in [0.29, 0.717) is 17.0 Å². The molecule has 22 heavy (non-hydrogen) atoms. The smallest absolute Gasteiger partial charge is 0.263 e. The van der Waals surface area contributed by atoms with Gasteiger partial charge in [-0.25, -0.2) is 4.98 Å². The van der Waals surface area contributed by atoms with Crippen molar-refractivity contribution < 1.29 is 0 Å². The fourth-order valence-corrected chi connectivity index (χ4v) is 2.81. The molecule has 0 aromatic carbocycles. The van der Waals surface area contributed by atoms with E-state index in [-0.39, 0.29) is 5.56 Å². The van der Waals surface area contributed by atoms with Crippen LogP contribution in [-0.2, 0) is 7.05 Å². The second kappa shape index (κ2) is 6.61. The third-order valence-corrected chi connectivity index (χ3v) is 4.13. The molecule has 0 aliphatic carbocycles. The average Bonchev–Trinajstić information content (AvgIpc) is 2.90. The Morgan fingerprint density at radius 1 is 1.41 bits per heavy atom. The maximum Gasteiger partial charge on any atom is 0.263 e. The molecule has 3 aromatic heterocycles. The highest BCUT2D eigenvalue weighted by Crippen LogP contribution is 2.14. The maximum absolute atomic E-state index is 11.9. The Hall–Kier alpha value is -2.35. The first-order valence-electron chi connectivity index (χ1n) is 6.94. The molecule has 0 radical (unpaired) electrons. The molecule has 0 amide bonds. The molecule has 0 aliphatic heterocycles. The Kier molecular flexibility index (Phi) is 4.38. The normalized spacial score (nSPS) is 11.0. The summed E-state index contributed by atoms with van der Waals surface area (Å²) in [5, 5.41) is 8.69. The van der Waals surface area contributed by atoms with Crippen molar-refractivity contribution in [2.75, 3.05) is 17.6 Å². The Balaban J connectivity index is 1.53. The topological polar surface area (TPSA) is 88.5 Å². The Labute approximate surface area is 131 Å². The maximum atomic E-state index is 11.9. The second-order valence-corrected chi connectivity index (χ2v) is 5.83. The van der Waals surface area contributed by atoms with Gasteiger partial charge in [-0.1, -0.05) is 6.07 Å². The summed E-state index contributed by atoms with van der Waals surface area (Å²) in [7, 11) is 1.77. The molecular formula is C14H16N6OS. The molecular weight excluding hydrogens is 300 g/mol. The van der Waals surface area contributed by atoms with Crippen LogP contribution in [-0.4, -0.2) is 37.0 Å². The van der Waals surface area contributed by atoms with Crippen molar-refractivity contribution in [1.82, 2.24) is 24.7 Å². The number of thioether (sulfide) groups is 1. The summed E-state index contributed by atoms with van der Waals surface area (Å²) in [5.74, 6) is 1.42. The van der Waals surface area contributed by atoms with Gasteiger partial charge in [0.1, 0.15) is 5.39 Å². The summed E-state index contributed by atoms with van der Waals surface area (Å²) in [4.78, 5) is 23.2. The van der Waals surface area contributed by atoms with Gasteiger partial charge in [0, 0.05) is 25.5 Å². The fraction of sp³-hybridized carbons (Fsp3) is 0.286. The van der Waals surface area contributed by atoms with E-state index in [4.69, 9.17) is 0 Å². The first kappa shape index (κ1) is 14.6. The molecule has 0 spiro atoms. The monoisotopic (exact) mass is 316 g/mol. The van der Waals surface area contributed by atoms with Crippen LogP contribution in [0, 0.1) is 0 Å². The van der Waals surface area contributed by atoms with Crippen LogP contribution in [0.15, 0.2) is 40.4 Å². The van der Waals surface area contributed by atoms with Gasteiger partial charge in [-0.15, -0.1) is 11.8 Å². The van der Waals surface area contributed by atoms with Crippen molar-refractivity contribution in [2.24, 2.45) is 7.05 Å². The minimum atomic E-state index is -0.177. The van der Waals surface area contributed by atoms with E-state index in [0.717, 1.165) is 23.7 Å². The number of aryl methyl sites for hydroxylation is 1. The van der Waals surface area contributed by atoms with Crippen LogP contribution in [0.3, 0.4) is 0 Å². The van der Waals surface area contributed by atoms with Gasteiger partial charge in [-0.3, -0.25) is 14.5 Å². The van der Waals surface area contributed by atoms with E-state index in [9.17, 15) is 4.79 Å². The molecule has 0 bridgehead atoms. The van der Waals surface area contributed by atoms with Crippen molar-refractivity contribution in [3.63, 3.8) is 0 Å². The van der Waals surface area contributed by atoms with Gasteiger partial charge < -0.3 is 5.32 Å². The number of aromatic nitrogens is 5. The average molecular weight is 316 g/mol. The number of rotatable bonds is 6. The van der Waals surface area contributed by atoms with Crippen LogP contribution < -0.4 is 10.9 Å². The molecule has 0 fully saturated rings. The van der Waals surface area contributed by atoms with Crippen LogP contribution >= 0.6 is 11.8 Å². The number of H-pyrrole nitrogens is 1. The van der Waals surface area contributed by atoms with Crippen molar-refractivity contribution in [3.05, 3.63) is 40.9 Å².